The minimum Gasteiger partial charge on any atom is -0.460 e. The number of aromatic nitrogens is 3. The Morgan fingerprint density at radius 1 is 1.31 bits per heavy atom. The van der Waals surface area contributed by atoms with E-state index in [1.807, 2.05) is 6.26 Å². The summed E-state index contributed by atoms with van der Waals surface area (Å²) in [5, 5.41) is 3.61. The van der Waals surface area contributed by atoms with Gasteiger partial charge in [-0.2, -0.15) is 0 Å². The highest BCUT2D eigenvalue weighted by molar-refractivity contribution is 7.98. The highest BCUT2D eigenvalue weighted by atomic mass is 32.2. The number of thioether (sulfide) groups is 1. The Hall–Kier alpha value is -2.61. The van der Waals surface area contributed by atoms with Crippen molar-refractivity contribution in [2.45, 2.75) is 37.9 Å². The Bertz CT molecular complexity index is 922. The van der Waals surface area contributed by atoms with Crippen molar-refractivity contribution in [1.29, 1.82) is 0 Å². The lowest BCUT2D eigenvalue weighted by molar-refractivity contribution is -0.143. The van der Waals surface area contributed by atoms with Crippen molar-refractivity contribution in [2.75, 3.05) is 11.6 Å². The van der Waals surface area contributed by atoms with E-state index in [1.54, 1.807) is 45.3 Å². The van der Waals surface area contributed by atoms with Gasteiger partial charge in [-0.15, -0.1) is 0 Å². The average molecular weight is 372 g/mol. The quantitative estimate of drug-likeness (QED) is 0.484. The molecular formula is C18H20N4O3S. The zero-order chi connectivity index (χ0) is 18.8. The Balaban J connectivity index is 2.23. The third kappa shape index (κ3) is 3.37. The largest absolute Gasteiger partial charge is 0.460 e. The molecule has 2 aromatic heterocycles. The van der Waals surface area contributed by atoms with Crippen LogP contribution in [0.3, 0.4) is 0 Å². The molecular weight excluding hydrogens is 352 g/mol. The maximum atomic E-state index is 12.8. The van der Waals surface area contributed by atoms with E-state index in [4.69, 9.17) is 4.74 Å². The smallest absolute Gasteiger partial charge is 0.337 e. The third-order valence-electron chi connectivity index (χ3n) is 4.02. The fraction of sp³-hybridized carbons (Fsp3) is 0.333. The first kappa shape index (κ1) is 18.2. The average Bonchev–Trinajstić information content (AvgIpc) is 2.60. The number of H-pyrrole nitrogens is 1. The van der Waals surface area contributed by atoms with Gasteiger partial charge in [-0.1, -0.05) is 11.8 Å². The lowest BCUT2D eigenvalue weighted by Crippen LogP contribution is -2.31. The van der Waals surface area contributed by atoms with E-state index in [0.29, 0.717) is 27.8 Å². The van der Waals surface area contributed by atoms with Gasteiger partial charge in [0.1, 0.15) is 5.82 Å². The normalized spacial score (nSPS) is 16.3. The van der Waals surface area contributed by atoms with Crippen LogP contribution in [0, 0.1) is 0 Å². The number of carbonyl (C=O) groups excluding carboxylic acids is 1. The second kappa shape index (κ2) is 7.33. The highest BCUT2D eigenvalue weighted by Gasteiger charge is 2.36. The summed E-state index contributed by atoms with van der Waals surface area (Å²) in [4.78, 5) is 36.8. The molecule has 0 spiro atoms. The van der Waals surface area contributed by atoms with Crippen LogP contribution in [0.25, 0.3) is 0 Å². The number of aromatic amines is 1. The number of nitrogens with one attached hydrogen (secondary N) is 2. The van der Waals surface area contributed by atoms with Gasteiger partial charge in [-0.25, -0.2) is 9.78 Å². The summed E-state index contributed by atoms with van der Waals surface area (Å²) in [6, 6.07) is 3.58. The predicted octanol–water partition coefficient (Wildman–Crippen LogP) is 2.67. The van der Waals surface area contributed by atoms with Crippen molar-refractivity contribution in [1.82, 2.24) is 15.0 Å². The number of hydrogen-bond donors (Lipinski definition) is 2. The Labute approximate surface area is 155 Å². The Morgan fingerprint density at radius 3 is 2.62 bits per heavy atom. The summed E-state index contributed by atoms with van der Waals surface area (Å²) in [5.74, 6) is -0.572. The standard InChI is InChI=1S/C18H20N4O3S/c1-9(2)25-17(24)12-10(3)20-15-14(16(23)22-18(21-15)26-4)13(12)11-5-7-19-8-6-11/h5-9,13H,1-4H3,(H2,20,21,22,23)/t13-/m0/s1. The van der Waals surface area contributed by atoms with Gasteiger partial charge in [0.15, 0.2) is 5.16 Å². The lowest BCUT2D eigenvalue weighted by Gasteiger charge is -2.29. The maximum Gasteiger partial charge on any atom is 0.337 e. The molecule has 0 fully saturated rings. The molecule has 0 amide bonds. The van der Waals surface area contributed by atoms with Gasteiger partial charge in [-0.3, -0.25) is 9.78 Å². The van der Waals surface area contributed by atoms with Crippen LogP contribution in [0.5, 0.6) is 0 Å². The zero-order valence-electron chi connectivity index (χ0n) is 15.0. The summed E-state index contributed by atoms with van der Waals surface area (Å²) in [5.41, 5.74) is 1.92. The number of rotatable bonds is 4. The molecule has 0 saturated heterocycles. The van der Waals surface area contributed by atoms with E-state index in [-0.39, 0.29) is 11.7 Å². The molecule has 1 atom stereocenters. The lowest BCUT2D eigenvalue weighted by atomic mass is 9.83. The molecule has 7 nitrogen and oxygen atoms in total. The zero-order valence-corrected chi connectivity index (χ0v) is 15.8. The fourth-order valence-electron chi connectivity index (χ4n) is 2.97. The number of pyridine rings is 1. The molecule has 2 aromatic rings. The molecule has 26 heavy (non-hydrogen) atoms. The number of nitrogens with zero attached hydrogens (tertiary/aromatic N) is 2. The third-order valence-corrected chi connectivity index (χ3v) is 4.60. The monoisotopic (exact) mass is 372 g/mol. The first-order valence-corrected chi connectivity index (χ1v) is 9.41. The number of fused-ring (bicyclic) bond motifs is 1. The summed E-state index contributed by atoms with van der Waals surface area (Å²) in [6.45, 7) is 5.37. The molecule has 0 aliphatic carbocycles. The molecule has 1 aliphatic rings. The molecule has 2 N–H and O–H groups in total. The summed E-state index contributed by atoms with van der Waals surface area (Å²) >= 11 is 1.35. The summed E-state index contributed by atoms with van der Waals surface area (Å²) in [7, 11) is 0. The van der Waals surface area contributed by atoms with Crippen molar-refractivity contribution < 1.29 is 9.53 Å². The number of ether oxygens (including phenoxy) is 1. The fourth-order valence-corrected chi connectivity index (χ4v) is 3.34. The molecule has 8 heteroatoms. The van der Waals surface area contributed by atoms with Gasteiger partial charge in [0, 0.05) is 18.1 Å². The van der Waals surface area contributed by atoms with Crippen LogP contribution >= 0.6 is 11.8 Å². The van der Waals surface area contributed by atoms with Crippen molar-refractivity contribution in [3.8, 4) is 0 Å². The van der Waals surface area contributed by atoms with Gasteiger partial charge in [0.25, 0.3) is 5.56 Å². The predicted molar refractivity (Wildman–Crippen MR) is 100 cm³/mol. The van der Waals surface area contributed by atoms with Crippen molar-refractivity contribution in [2.24, 2.45) is 0 Å². The van der Waals surface area contributed by atoms with Crippen LogP contribution in [0.2, 0.25) is 0 Å². The Kier molecular flexibility index (Phi) is 5.13. The number of anilines is 1. The first-order chi connectivity index (χ1) is 12.4. The SMILES string of the molecule is CSc1nc2c(c(=O)[nH]1)[C@@H](c1ccncc1)C(C(=O)OC(C)C)=C(C)N2. The van der Waals surface area contributed by atoms with Crippen molar-refractivity contribution in [3.63, 3.8) is 0 Å². The van der Waals surface area contributed by atoms with Crippen LogP contribution < -0.4 is 10.9 Å². The van der Waals surface area contributed by atoms with E-state index < -0.39 is 11.9 Å². The van der Waals surface area contributed by atoms with Gasteiger partial charge < -0.3 is 15.0 Å². The van der Waals surface area contributed by atoms with Gasteiger partial charge in [0.05, 0.1) is 23.2 Å². The molecule has 0 bridgehead atoms. The van der Waals surface area contributed by atoms with E-state index in [9.17, 15) is 9.59 Å². The molecule has 0 radical (unpaired) electrons. The number of allylic oxidation sites excluding steroid dienone is 1. The highest BCUT2D eigenvalue weighted by Crippen LogP contribution is 2.39. The minimum absolute atomic E-state index is 0.266. The topological polar surface area (TPSA) is 97.0 Å². The summed E-state index contributed by atoms with van der Waals surface area (Å²) in [6.07, 6.45) is 4.84. The summed E-state index contributed by atoms with van der Waals surface area (Å²) < 4.78 is 5.42. The van der Waals surface area contributed by atoms with Crippen molar-refractivity contribution in [3.05, 3.63) is 57.3 Å². The molecule has 0 unspecified atom stereocenters. The van der Waals surface area contributed by atoms with Crippen LogP contribution in [-0.2, 0) is 9.53 Å². The maximum absolute atomic E-state index is 12.8. The van der Waals surface area contributed by atoms with E-state index in [1.165, 1.54) is 11.8 Å². The number of esters is 1. The minimum atomic E-state index is -0.576. The second-order valence-electron chi connectivity index (χ2n) is 6.17. The first-order valence-electron chi connectivity index (χ1n) is 8.19. The van der Waals surface area contributed by atoms with Gasteiger partial charge in [0.2, 0.25) is 0 Å². The molecule has 0 aromatic carbocycles. The molecule has 0 saturated carbocycles. The van der Waals surface area contributed by atoms with E-state index in [0.717, 1.165) is 5.56 Å². The van der Waals surface area contributed by atoms with Gasteiger partial charge in [-0.05, 0) is 44.7 Å². The number of hydrogen-bond acceptors (Lipinski definition) is 7. The molecule has 3 heterocycles. The Morgan fingerprint density at radius 2 is 2.00 bits per heavy atom. The van der Waals surface area contributed by atoms with Crippen LogP contribution in [0.4, 0.5) is 5.82 Å². The van der Waals surface area contributed by atoms with E-state index >= 15 is 0 Å². The molecule has 136 valence electrons. The molecule has 3 rings (SSSR count). The van der Waals surface area contributed by atoms with Crippen molar-refractivity contribution >= 4 is 23.5 Å². The van der Waals surface area contributed by atoms with E-state index in [2.05, 4.69) is 20.3 Å². The van der Waals surface area contributed by atoms with Crippen LogP contribution in [0.15, 0.2) is 45.7 Å². The number of carbonyl (C=O) groups is 1. The van der Waals surface area contributed by atoms with Crippen LogP contribution in [0.1, 0.15) is 37.8 Å². The molecule has 1 aliphatic heterocycles. The van der Waals surface area contributed by atoms with Crippen LogP contribution in [-0.4, -0.2) is 33.3 Å². The second-order valence-corrected chi connectivity index (χ2v) is 6.96. The van der Waals surface area contributed by atoms with Gasteiger partial charge >= 0.3 is 5.97 Å².